The second-order valence-corrected chi connectivity index (χ2v) is 5.63. The van der Waals surface area contributed by atoms with E-state index in [1.54, 1.807) is 11.3 Å². The number of hydrogen-bond acceptors (Lipinski definition) is 4. The van der Waals surface area contributed by atoms with Crippen LogP contribution in [-0.4, -0.2) is 11.5 Å². The Bertz CT molecular complexity index is 539. The molecule has 0 aliphatic heterocycles. The van der Waals surface area contributed by atoms with Crippen molar-refractivity contribution in [2.75, 3.05) is 6.54 Å². The van der Waals surface area contributed by atoms with E-state index in [-0.39, 0.29) is 6.04 Å². The van der Waals surface area contributed by atoms with Gasteiger partial charge in [-0.3, -0.25) is 0 Å². The second-order valence-electron chi connectivity index (χ2n) is 4.69. The molecule has 2 rings (SSSR count). The Labute approximate surface area is 125 Å². The van der Waals surface area contributed by atoms with Crippen LogP contribution in [0, 0.1) is 0 Å². The van der Waals surface area contributed by atoms with E-state index in [0.29, 0.717) is 6.61 Å². The number of benzene rings is 1. The Morgan fingerprint density at radius 2 is 2.10 bits per heavy atom. The predicted octanol–water partition coefficient (Wildman–Crippen LogP) is 3.96. The number of thiazole rings is 1. The number of hydrogen-bond donors (Lipinski definition) is 1. The molecule has 0 radical (unpaired) electrons. The lowest BCUT2D eigenvalue weighted by atomic mass is 10.1. The molecule has 2 aromatic rings. The molecule has 0 aliphatic carbocycles. The summed E-state index contributed by atoms with van der Waals surface area (Å²) < 4.78 is 5.95. The molecule has 0 saturated carbocycles. The molecule has 20 heavy (non-hydrogen) atoms. The Hall–Kier alpha value is -1.39. The SMILES string of the molecule is CCNC(C)c1ccccc1OCc1csc(CC)n1. The summed E-state index contributed by atoms with van der Waals surface area (Å²) in [5.74, 6) is 0.937. The average molecular weight is 290 g/mol. The molecule has 3 nitrogen and oxygen atoms in total. The second kappa shape index (κ2) is 7.41. The number of aromatic nitrogens is 1. The minimum absolute atomic E-state index is 0.290. The maximum absolute atomic E-state index is 5.95. The molecule has 1 N–H and O–H groups in total. The minimum atomic E-state index is 0.290. The molecular weight excluding hydrogens is 268 g/mol. The molecule has 108 valence electrons. The number of para-hydroxylation sites is 1. The monoisotopic (exact) mass is 290 g/mol. The number of rotatable bonds is 7. The van der Waals surface area contributed by atoms with E-state index >= 15 is 0 Å². The number of ether oxygens (including phenoxy) is 1. The van der Waals surface area contributed by atoms with Crippen molar-refractivity contribution < 1.29 is 4.74 Å². The van der Waals surface area contributed by atoms with Crippen LogP contribution in [0.1, 0.15) is 43.1 Å². The van der Waals surface area contributed by atoms with Gasteiger partial charge >= 0.3 is 0 Å². The van der Waals surface area contributed by atoms with E-state index in [2.05, 4.69) is 42.5 Å². The van der Waals surface area contributed by atoms with Crippen molar-refractivity contribution in [3.05, 3.63) is 45.9 Å². The van der Waals surface area contributed by atoms with Gasteiger partial charge in [0.1, 0.15) is 12.4 Å². The summed E-state index contributed by atoms with van der Waals surface area (Å²) in [6.07, 6.45) is 0.985. The van der Waals surface area contributed by atoms with Gasteiger partial charge in [0, 0.05) is 17.0 Å². The van der Waals surface area contributed by atoms with Gasteiger partial charge in [0.25, 0.3) is 0 Å². The van der Waals surface area contributed by atoms with Gasteiger partial charge in [-0.25, -0.2) is 4.98 Å². The lowest BCUT2D eigenvalue weighted by molar-refractivity contribution is 0.296. The van der Waals surface area contributed by atoms with E-state index in [0.717, 1.165) is 29.4 Å². The van der Waals surface area contributed by atoms with Crippen LogP contribution in [0.5, 0.6) is 5.75 Å². The number of nitrogens with zero attached hydrogens (tertiary/aromatic N) is 1. The summed E-state index contributed by atoms with van der Waals surface area (Å²) in [4.78, 5) is 4.53. The first-order valence-corrected chi connectivity index (χ1v) is 8.01. The zero-order valence-corrected chi connectivity index (χ0v) is 13.2. The third-order valence-electron chi connectivity index (χ3n) is 3.17. The topological polar surface area (TPSA) is 34.1 Å². The molecule has 1 aromatic carbocycles. The fraction of sp³-hybridized carbons (Fsp3) is 0.438. The molecule has 1 unspecified atom stereocenters. The van der Waals surface area contributed by atoms with Crippen LogP contribution in [0.3, 0.4) is 0 Å². The zero-order valence-electron chi connectivity index (χ0n) is 12.3. The van der Waals surface area contributed by atoms with Gasteiger partial charge in [0.2, 0.25) is 0 Å². The standard InChI is InChI=1S/C16H22N2OS/c1-4-16-18-13(11-20-16)10-19-15-9-7-6-8-14(15)12(3)17-5-2/h6-9,11-12,17H,4-5,10H2,1-3H3. The summed E-state index contributed by atoms with van der Waals surface area (Å²) in [5.41, 5.74) is 2.21. The first-order chi connectivity index (χ1) is 9.74. The summed E-state index contributed by atoms with van der Waals surface area (Å²) in [5, 5.41) is 6.66. The molecule has 4 heteroatoms. The Morgan fingerprint density at radius 1 is 1.30 bits per heavy atom. The van der Waals surface area contributed by atoms with E-state index in [9.17, 15) is 0 Å². The lowest BCUT2D eigenvalue weighted by Gasteiger charge is -2.17. The molecule has 1 heterocycles. The largest absolute Gasteiger partial charge is 0.487 e. The number of nitrogens with one attached hydrogen (secondary N) is 1. The van der Waals surface area contributed by atoms with Crippen LogP contribution >= 0.6 is 11.3 Å². The minimum Gasteiger partial charge on any atom is -0.487 e. The Kier molecular flexibility index (Phi) is 5.56. The first kappa shape index (κ1) is 15.0. The van der Waals surface area contributed by atoms with Gasteiger partial charge in [-0.05, 0) is 26.0 Å². The van der Waals surface area contributed by atoms with Crippen LogP contribution in [0.25, 0.3) is 0 Å². The van der Waals surface area contributed by atoms with Gasteiger partial charge in [-0.15, -0.1) is 11.3 Å². The van der Waals surface area contributed by atoms with Gasteiger partial charge in [0.05, 0.1) is 10.7 Å². The van der Waals surface area contributed by atoms with Crippen molar-refractivity contribution in [3.8, 4) is 5.75 Å². The highest BCUT2D eigenvalue weighted by atomic mass is 32.1. The third-order valence-corrected chi connectivity index (χ3v) is 4.22. The van der Waals surface area contributed by atoms with Crippen LogP contribution in [0.15, 0.2) is 29.6 Å². The fourth-order valence-electron chi connectivity index (χ4n) is 2.12. The van der Waals surface area contributed by atoms with Crippen molar-refractivity contribution in [1.29, 1.82) is 0 Å². The van der Waals surface area contributed by atoms with Crippen LogP contribution in [0.4, 0.5) is 0 Å². The highest BCUT2D eigenvalue weighted by Crippen LogP contribution is 2.25. The molecule has 0 saturated heterocycles. The molecule has 0 spiro atoms. The van der Waals surface area contributed by atoms with Crippen molar-refractivity contribution >= 4 is 11.3 Å². The highest BCUT2D eigenvalue weighted by molar-refractivity contribution is 7.09. The van der Waals surface area contributed by atoms with Gasteiger partial charge in [0.15, 0.2) is 0 Å². The molecule has 0 amide bonds. The maximum Gasteiger partial charge on any atom is 0.131 e. The number of aryl methyl sites for hydroxylation is 1. The van der Waals surface area contributed by atoms with E-state index in [1.807, 2.05) is 18.2 Å². The van der Waals surface area contributed by atoms with Gasteiger partial charge < -0.3 is 10.1 Å². The van der Waals surface area contributed by atoms with Crippen LogP contribution in [0.2, 0.25) is 0 Å². The molecule has 0 fully saturated rings. The maximum atomic E-state index is 5.95. The van der Waals surface area contributed by atoms with Crippen molar-refractivity contribution in [2.45, 2.75) is 39.8 Å². The van der Waals surface area contributed by atoms with Crippen molar-refractivity contribution in [2.24, 2.45) is 0 Å². The lowest BCUT2D eigenvalue weighted by Crippen LogP contribution is -2.18. The molecule has 0 bridgehead atoms. The van der Waals surface area contributed by atoms with E-state index < -0.39 is 0 Å². The normalized spacial score (nSPS) is 12.3. The summed E-state index contributed by atoms with van der Waals surface area (Å²) >= 11 is 1.70. The van der Waals surface area contributed by atoms with Crippen LogP contribution < -0.4 is 10.1 Å². The van der Waals surface area contributed by atoms with Crippen LogP contribution in [-0.2, 0) is 13.0 Å². The fourth-order valence-corrected chi connectivity index (χ4v) is 2.84. The molecule has 1 atom stereocenters. The quantitative estimate of drug-likeness (QED) is 0.838. The summed E-state index contributed by atoms with van der Waals surface area (Å²) in [7, 11) is 0. The van der Waals surface area contributed by atoms with Gasteiger partial charge in [-0.1, -0.05) is 32.0 Å². The van der Waals surface area contributed by atoms with E-state index in [1.165, 1.54) is 5.56 Å². The average Bonchev–Trinajstić information content (AvgIpc) is 2.93. The summed E-state index contributed by atoms with van der Waals surface area (Å²) in [6, 6.07) is 8.49. The molecule has 0 aliphatic rings. The van der Waals surface area contributed by atoms with Crippen molar-refractivity contribution in [1.82, 2.24) is 10.3 Å². The Balaban J connectivity index is 2.05. The van der Waals surface area contributed by atoms with Gasteiger partial charge in [-0.2, -0.15) is 0 Å². The smallest absolute Gasteiger partial charge is 0.131 e. The molecular formula is C16H22N2OS. The highest BCUT2D eigenvalue weighted by Gasteiger charge is 2.10. The summed E-state index contributed by atoms with van der Waals surface area (Å²) in [6.45, 7) is 7.87. The predicted molar refractivity (Wildman–Crippen MR) is 84.4 cm³/mol. The zero-order chi connectivity index (χ0) is 14.4. The third kappa shape index (κ3) is 3.81. The van der Waals surface area contributed by atoms with Crippen molar-refractivity contribution in [3.63, 3.8) is 0 Å². The first-order valence-electron chi connectivity index (χ1n) is 7.13. The molecule has 1 aromatic heterocycles. The van der Waals surface area contributed by atoms with E-state index in [4.69, 9.17) is 4.74 Å². The Morgan fingerprint density at radius 3 is 2.80 bits per heavy atom.